The molecule has 2 atom stereocenters. The molecule has 2 rings (SSSR count). The number of nitrogens with zero attached hydrogens (tertiary/aromatic N) is 1. The van der Waals surface area contributed by atoms with E-state index in [9.17, 15) is 4.79 Å². The highest BCUT2D eigenvalue weighted by molar-refractivity contribution is 9.10. The molecule has 1 aliphatic rings. The van der Waals surface area contributed by atoms with Crippen LogP contribution in [-0.2, 0) is 6.54 Å². The topological polar surface area (TPSA) is 34.0 Å². The average molecular weight is 313 g/mol. The molecule has 1 N–H and O–H groups in total. The van der Waals surface area contributed by atoms with Crippen molar-refractivity contribution < 1.29 is 0 Å². The van der Waals surface area contributed by atoms with Crippen molar-refractivity contribution in [3.05, 3.63) is 33.2 Å². The number of halogens is 1. The monoisotopic (exact) mass is 312 g/mol. The fraction of sp³-hybridized carbons (Fsp3) is 0.643. The molecule has 0 bridgehead atoms. The van der Waals surface area contributed by atoms with E-state index in [1.54, 1.807) is 16.7 Å². The van der Waals surface area contributed by atoms with Gasteiger partial charge in [0.1, 0.15) is 0 Å². The Bertz CT molecular complexity index is 444. The maximum absolute atomic E-state index is 11.6. The minimum absolute atomic E-state index is 0.0667. The van der Waals surface area contributed by atoms with Crippen molar-refractivity contribution >= 4 is 15.9 Å². The molecule has 2 unspecified atom stereocenters. The van der Waals surface area contributed by atoms with Crippen molar-refractivity contribution in [1.29, 1.82) is 0 Å². The number of rotatable bonds is 4. The van der Waals surface area contributed by atoms with Crippen molar-refractivity contribution in [3.8, 4) is 0 Å². The molecular weight excluding hydrogens is 292 g/mol. The van der Waals surface area contributed by atoms with Gasteiger partial charge in [0.05, 0.1) is 0 Å². The molecule has 1 aliphatic carbocycles. The molecule has 0 aromatic carbocycles. The number of hydrogen-bond donors (Lipinski definition) is 1. The Morgan fingerprint density at radius 3 is 3.06 bits per heavy atom. The molecular formula is C14H21BrN2O. The molecule has 18 heavy (non-hydrogen) atoms. The second kappa shape index (κ2) is 6.53. The molecule has 0 amide bonds. The van der Waals surface area contributed by atoms with Crippen molar-refractivity contribution in [2.24, 2.45) is 5.92 Å². The third-order valence-corrected chi connectivity index (χ3v) is 4.14. The van der Waals surface area contributed by atoms with E-state index in [2.05, 4.69) is 28.2 Å². The lowest BCUT2D eigenvalue weighted by molar-refractivity contribution is 0.299. The van der Waals surface area contributed by atoms with E-state index in [1.165, 1.54) is 25.7 Å². The zero-order valence-corrected chi connectivity index (χ0v) is 12.4. The Kier molecular flexibility index (Phi) is 5.01. The lowest BCUT2D eigenvalue weighted by Gasteiger charge is -2.27. The number of hydrogen-bond acceptors (Lipinski definition) is 2. The summed E-state index contributed by atoms with van der Waals surface area (Å²) in [5, 5.41) is 3.57. The van der Waals surface area contributed by atoms with Crippen LogP contribution in [0.5, 0.6) is 0 Å². The minimum Gasteiger partial charge on any atom is -0.313 e. The maximum atomic E-state index is 11.6. The van der Waals surface area contributed by atoms with E-state index in [0.717, 1.165) is 23.5 Å². The molecule has 1 aromatic rings. The number of pyridine rings is 1. The average Bonchev–Trinajstić information content (AvgIpc) is 2.34. The number of aromatic nitrogens is 1. The van der Waals surface area contributed by atoms with Crippen molar-refractivity contribution in [1.82, 2.24) is 9.88 Å². The molecule has 0 aliphatic heterocycles. The van der Waals surface area contributed by atoms with Gasteiger partial charge in [-0.1, -0.05) is 19.8 Å². The van der Waals surface area contributed by atoms with Gasteiger partial charge in [-0.15, -0.1) is 0 Å². The van der Waals surface area contributed by atoms with E-state index in [4.69, 9.17) is 0 Å². The van der Waals surface area contributed by atoms with Crippen LogP contribution in [0, 0.1) is 5.92 Å². The van der Waals surface area contributed by atoms with Crippen LogP contribution in [0.1, 0.15) is 32.6 Å². The molecule has 1 aromatic heterocycles. The normalized spacial score (nSPS) is 24.1. The Morgan fingerprint density at radius 2 is 2.28 bits per heavy atom. The summed E-state index contributed by atoms with van der Waals surface area (Å²) in [7, 11) is 0. The van der Waals surface area contributed by atoms with E-state index in [-0.39, 0.29) is 5.56 Å². The van der Waals surface area contributed by atoms with E-state index < -0.39 is 0 Å². The lowest BCUT2D eigenvalue weighted by Crippen LogP contribution is -2.36. The van der Waals surface area contributed by atoms with Gasteiger partial charge < -0.3 is 9.88 Å². The Morgan fingerprint density at radius 1 is 1.44 bits per heavy atom. The standard InChI is InChI=1S/C14H21BrN2O/c1-11-3-2-4-13(9-11)16-7-8-17-10-12(15)5-6-14(17)18/h5-6,10-11,13,16H,2-4,7-9H2,1H3. The molecule has 1 saturated carbocycles. The SMILES string of the molecule is CC1CCCC(NCCn2cc(Br)ccc2=O)C1. The zero-order valence-electron chi connectivity index (χ0n) is 10.9. The van der Waals surface area contributed by atoms with Crippen LogP contribution in [0.4, 0.5) is 0 Å². The first kappa shape index (κ1) is 13.8. The predicted octanol–water partition coefficient (Wildman–Crippen LogP) is 2.78. The lowest BCUT2D eigenvalue weighted by atomic mass is 9.87. The summed E-state index contributed by atoms with van der Waals surface area (Å²) >= 11 is 3.39. The summed E-state index contributed by atoms with van der Waals surface area (Å²) in [5.41, 5.74) is 0.0667. The van der Waals surface area contributed by atoms with Gasteiger partial charge in [-0.3, -0.25) is 4.79 Å². The van der Waals surface area contributed by atoms with Gasteiger partial charge in [0.15, 0.2) is 0 Å². The molecule has 0 saturated heterocycles. The van der Waals surface area contributed by atoms with Crippen LogP contribution >= 0.6 is 15.9 Å². The van der Waals surface area contributed by atoms with Crippen molar-refractivity contribution in [2.45, 2.75) is 45.2 Å². The Balaban J connectivity index is 1.81. The van der Waals surface area contributed by atoms with Gasteiger partial charge in [0, 0.05) is 35.9 Å². The molecule has 100 valence electrons. The molecule has 1 fully saturated rings. The van der Waals surface area contributed by atoms with Crippen LogP contribution in [0.15, 0.2) is 27.6 Å². The van der Waals surface area contributed by atoms with Crippen LogP contribution in [0.3, 0.4) is 0 Å². The van der Waals surface area contributed by atoms with Crippen molar-refractivity contribution in [2.75, 3.05) is 6.54 Å². The van der Waals surface area contributed by atoms with Gasteiger partial charge in [-0.25, -0.2) is 0 Å². The summed E-state index contributed by atoms with van der Waals surface area (Å²) < 4.78 is 2.71. The molecule has 4 heteroatoms. The van der Waals surface area contributed by atoms with Gasteiger partial charge in [-0.2, -0.15) is 0 Å². The molecule has 3 nitrogen and oxygen atoms in total. The molecule has 0 radical (unpaired) electrons. The highest BCUT2D eigenvalue weighted by Gasteiger charge is 2.17. The van der Waals surface area contributed by atoms with Gasteiger partial charge in [-0.05, 0) is 40.8 Å². The highest BCUT2D eigenvalue weighted by Crippen LogP contribution is 2.23. The van der Waals surface area contributed by atoms with E-state index in [1.807, 2.05) is 6.20 Å². The van der Waals surface area contributed by atoms with Crippen LogP contribution < -0.4 is 10.9 Å². The van der Waals surface area contributed by atoms with Gasteiger partial charge >= 0.3 is 0 Å². The fourth-order valence-corrected chi connectivity index (χ4v) is 3.06. The predicted molar refractivity (Wildman–Crippen MR) is 77.8 cm³/mol. The van der Waals surface area contributed by atoms with Gasteiger partial charge in [0.25, 0.3) is 5.56 Å². The summed E-state index contributed by atoms with van der Waals surface area (Å²) in [6.07, 6.45) is 7.09. The van der Waals surface area contributed by atoms with Crippen molar-refractivity contribution in [3.63, 3.8) is 0 Å². The van der Waals surface area contributed by atoms with E-state index >= 15 is 0 Å². The highest BCUT2D eigenvalue weighted by atomic mass is 79.9. The van der Waals surface area contributed by atoms with Crippen LogP contribution in [-0.4, -0.2) is 17.2 Å². The molecule has 1 heterocycles. The van der Waals surface area contributed by atoms with Crippen LogP contribution in [0.2, 0.25) is 0 Å². The summed E-state index contributed by atoms with van der Waals surface area (Å²) in [6, 6.07) is 4.03. The van der Waals surface area contributed by atoms with Crippen LogP contribution in [0.25, 0.3) is 0 Å². The maximum Gasteiger partial charge on any atom is 0.250 e. The zero-order chi connectivity index (χ0) is 13.0. The summed E-state index contributed by atoms with van der Waals surface area (Å²) in [6.45, 7) is 3.93. The Hall–Kier alpha value is -0.610. The van der Waals surface area contributed by atoms with Gasteiger partial charge in [0.2, 0.25) is 0 Å². The molecule has 0 spiro atoms. The third kappa shape index (κ3) is 3.95. The quantitative estimate of drug-likeness (QED) is 0.927. The third-order valence-electron chi connectivity index (χ3n) is 3.67. The smallest absolute Gasteiger partial charge is 0.250 e. The second-order valence-corrected chi connectivity index (χ2v) is 6.22. The first-order valence-electron chi connectivity index (χ1n) is 6.74. The first-order chi connectivity index (χ1) is 8.65. The Labute approximate surface area is 117 Å². The minimum atomic E-state index is 0.0667. The fourth-order valence-electron chi connectivity index (χ4n) is 2.69. The van der Waals surface area contributed by atoms with E-state index in [0.29, 0.717) is 6.04 Å². The second-order valence-electron chi connectivity index (χ2n) is 5.30. The summed E-state index contributed by atoms with van der Waals surface area (Å²) in [4.78, 5) is 11.6. The first-order valence-corrected chi connectivity index (χ1v) is 7.54. The summed E-state index contributed by atoms with van der Waals surface area (Å²) in [5.74, 6) is 0.838. The largest absolute Gasteiger partial charge is 0.313 e. The number of nitrogens with one attached hydrogen (secondary N) is 1.